The van der Waals surface area contributed by atoms with Crippen molar-refractivity contribution in [3.8, 4) is 0 Å². The van der Waals surface area contributed by atoms with Crippen molar-refractivity contribution in [2.75, 3.05) is 13.1 Å². The Kier molecular flexibility index (Phi) is 5.67. The summed E-state index contributed by atoms with van der Waals surface area (Å²) in [4.78, 5) is 21.3. The Bertz CT molecular complexity index is 180. The van der Waals surface area contributed by atoms with Crippen molar-refractivity contribution in [2.24, 2.45) is 0 Å². The Balaban J connectivity index is 3.32. The van der Waals surface area contributed by atoms with Crippen molar-refractivity contribution < 1.29 is 14.3 Å². The van der Waals surface area contributed by atoms with Crippen LogP contribution in [0, 0.1) is 0 Å². The number of nitrogens with one attached hydrogen (secondary N) is 2. The van der Waals surface area contributed by atoms with Crippen LogP contribution in [0.25, 0.3) is 0 Å². The van der Waals surface area contributed by atoms with E-state index >= 15 is 0 Å². The van der Waals surface area contributed by atoms with Gasteiger partial charge in [-0.2, -0.15) is 0 Å². The minimum Gasteiger partial charge on any atom is -0.447 e. The first-order valence-electron chi connectivity index (χ1n) is 4.21. The normalized spacial score (nSPS) is 9.54. The van der Waals surface area contributed by atoms with Crippen LogP contribution in [-0.2, 0) is 9.53 Å². The molecule has 0 unspecified atom stereocenters. The van der Waals surface area contributed by atoms with Gasteiger partial charge in [-0.05, 0) is 13.8 Å². The third-order valence-electron chi connectivity index (χ3n) is 1.11. The van der Waals surface area contributed by atoms with Gasteiger partial charge in [0.05, 0.1) is 6.10 Å². The summed E-state index contributed by atoms with van der Waals surface area (Å²) < 4.78 is 4.79. The zero-order valence-corrected chi connectivity index (χ0v) is 8.22. The molecule has 2 N–H and O–H groups in total. The van der Waals surface area contributed by atoms with Crippen molar-refractivity contribution in [3.63, 3.8) is 0 Å². The number of amides is 2. The summed E-state index contributed by atoms with van der Waals surface area (Å²) in [5.41, 5.74) is 0. The van der Waals surface area contributed by atoms with Gasteiger partial charge in [0.15, 0.2) is 0 Å². The molecule has 0 aromatic heterocycles. The summed E-state index contributed by atoms with van der Waals surface area (Å²) >= 11 is 0. The van der Waals surface area contributed by atoms with E-state index in [9.17, 15) is 9.59 Å². The monoisotopic (exact) mass is 188 g/mol. The van der Waals surface area contributed by atoms with Crippen LogP contribution < -0.4 is 10.6 Å². The first kappa shape index (κ1) is 11.7. The Morgan fingerprint density at radius 1 is 1.23 bits per heavy atom. The fraction of sp³-hybridized carbons (Fsp3) is 0.750. The van der Waals surface area contributed by atoms with Crippen LogP contribution in [-0.4, -0.2) is 31.2 Å². The highest BCUT2D eigenvalue weighted by Crippen LogP contribution is 1.86. The number of rotatable bonds is 4. The number of hydrogen-bond donors (Lipinski definition) is 2. The zero-order valence-electron chi connectivity index (χ0n) is 8.22. The molecule has 0 bridgehead atoms. The molecular weight excluding hydrogens is 172 g/mol. The molecule has 0 aliphatic carbocycles. The molecule has 0 spiro atoms. The molecule has 76 valence electrons. The predicted octanol–water partition coefficient (Wildman–Crippen LogP) is 0.257. The molecular formula is C8H16N2O3. The van der Waals surface area contributed by atoms with Crippen LogP contribution in [0.2, 0.25) is 0 Å². The summed E-state index contributed by atoms with van der Waals surface area (Å²) in [5.74, 6) is -0.112. The number of hydrogen-bond acceptors (Lipinski definition) is 3. The summed E-state index contributed by atoms with van der Waals surface area (Å²) in [6.07, 6.45) is -0.582. The van der Waals surface area contributed by atoms with Crippen molar-refractivity contribution >= 4 is 12.0 Å². The van der Waals surface area contributed by atoms with Crippen LogP contribution in [0.3, 0.4) is 0 Å². The van der Waals surface area contributed by atoms with E-state index in [4.69, 9.17) is 4.74 Å². The van der Waals surface area contributed by atoms with E-state index < -0.39 is 6.09 Å². The highest BCUT2D eigenvalue weighted by Gasteiger charge is 2.02. The lowest BCUT2D eigenvalue weighted by Crippen LogP contribution is -2.34. The predicted molar refractivity (Wildman–Crippen MR) is 48.3 cm³/mol. The molecule has 0 radical (unpaired) electrons. The van der Waals surface area contributed by atoms with E-state index in [0.29, 0.717) is 13.1 Å². The molecule has 0 aliphatic rings. The van der Waals surface area contributed by atoms with Crippen molar-refractivity contribution in [1.82, 2.24) is 10.6 Å². The standard InChI is InChI=1S/C8H16N2O3/c1-6(2)13-8(12)10-5-4-9-7(3)11/h6H,4-5H2,1-3H3,(H,9,11)(H,10,12). The highest BCUT2D eigenvalue weighted by atomic mass is 16.6. The van der Waals surface area contributed by atoms with E-state index in [-0.39, 0.29) is 12.0 Å². The molecule has 5 heteroatoms. The van der Waals surface area contributed by atoms with Gasteiger partial charge in [-0.1, -0.05) is 0 Å². The number of alkyl carbamates (subject to hydrolysis) is 1. The molecule has 13 heavy (non-hydrogen) atoms. The van der Waals surface area contributed by atoms with E-state index in [1.165, 1.54) is 6.92 Å². The molecule has 0 atom stereocenters. The fourth-order valence-corrected chi connectivity index (χ4v) is 0.659. The average Bonchev–Trinajstić information content (AvgIpc) is 1.96. The molecule has 0 aromatic rings. The van der Waals surface area contributed by atoms with Crippen molar-refractivity contribution in [3.05, 3.63) is 0 Å². The molecule has 0 fully saturated rings. The topological polar surface area (TPSA) is 67.4 Å². The molecule has 2 amide bonds. The first-order valence-corrected chi connectivity index (χ1v) is 4.21. The van der Waals surface area contributed by atoms with Crippen LogP contribution in [0.1, 0.15) is 20.8 Å². The summed E-state index contributed by atoms with van der Waals surface area (Å²) in [5, 5.41) is 5.04. The Hall–Kier alpha value is -1.26. The van der Waals surface area contributed by atoms with Crippen LogP contribution >= 0.6 is 0 Å². The number of carbonyl (C=O) groups is 2. The average molecular weight is 188 g/mol. The van der Waals surface area contributed by atoms with Crippen LogP contribution in [0.5, 0.6) is 0 Å². The first-order chi connectivity index (χ1) is 6.02. The highest BCUT2D eigenvalue weighted by molar-refractivity contribution is 5.73. The summed E-state index contributed by atoms with van der Waals surface area (Å²) in [6.45, 7) is 5.76. The minimum atomic E-state index is -0.458. The Morgan fingerprint density at radius 2 is 1.77 bits per heavy atom. The van der Waals surface area contributed by atoms with Crippen LogP contribution in [0.15, 0.2) is 0 Å². The second-order valence-electron chi connectivity index (χ2n) is 2.86. The Labute approximate surface area is 77.8 Å². The molecule has 0 saturated carbocycles. The quantitative estimate of drug-likeness (QED) is 0.622. The van der Waals surface area contributed by atoms with Gasteiger partial charge in [-0.25, -0.2) is 4.79 Å². The molecule has 0 aromatic carbocycles. The zero-order chi connectivity index (χ0) is 10.3. The third-order valence-corrected chi connectivity index (χ3v) is 1.11. The summed E-state index contributed by atoms with van der Waals surface area (Å²) in [6, 6.07) is 0. The lowest BCUT2D eigenvalue weighted by molar-refractivity contribution is -0.118. The maximum Gasteiger partial charge on any atom is 0.407 e. The second kappa shape index (κ2) is 6.28. The van der Waals surface area contributed by atoms with Gasteiger partial charge in [0.25, 0.3) is 0 Å². The Morgan fingerprint density at radius 3 is 2.23 bits per heavy atom. The summed E-state index contributed by atoms with van der Waals surface area (Å²) in [7, 11) is 0. The smallest absolute Gasteiger partial charge is 0.407 e. The number of ether oxygens (including phenoxy) is 1. The van der Waals surface area contributed by atoms with Crippen molar-refractivity contribution in [1.29, 1.82) is 0 Å². The van der Waals surface area contributed by atoms with Gasteiger partial charge in [0, 0.05) is 20.0 Å². The van der Waals surface area contributed by atoms with E-state index in [0.717, 1.165) is 0 Å². The largest absolute Gasteiger partial charge is 0.447 e. The van der Waals surface area contributed by atoms with Gasteiger partial charge >= 0.3 is 6.09 Å². The molecule has 0 rings (SSSR count). The van der Waals surface area contributed by atoms with Gasteiger partial charge < -0.3 is 15.4 Å². The number of carbonyl (C=O) groups excluding carboxylic acids is 2. The lowest BCUT2D eigenvalue weighted by atomic mass is 10.5. The third kappa shape index (κ3) is 8.65. The lowest BCUT2D eigenvalue weighted by Gasteiger charge is -2.09. The van der Waals surface area contributed by atoms with E-state index in [1.54, 1.807) is 13.8 Å². The van der Waals surface area contributed by atoms with Gasteiger partial charge in [-0.3, -0.25) is 4.79 Å². The van der Waals surface area contributed by atoms with Gasteiger partial charge in [0.2, 0.25) is 5.91 Å². The van der Waals surface area contributed by atoms with Gasteiger partial charge in [0.1, 0.15) is 0 Å². The second-order valence-corrected chi connectivity index (χ2v) is 2.86. The molecule has 0 aliphatic heterocycles. The van der Waals surface area contributed by atoms with E-state index in [1.807, 2.05) is 0 Å². The minimum absolute atomic E-state index is 0.112. The maximum atomic E-state index is 10.9. The van der Waals surface area contributed by atoms with E-state index in [2.05, 4.69) is 10.6 Å². The fourth-order valence-electron chi connectivity index (χ4n) is 0.659. The molecule has 5 nitrogen and oxygen atoms in total. The maximum absolute atomic E-state index is 10.9. The van der Waals surface area contributed by atoms with Crippen LogP contribution in [0.4, 0.5) is 4.79 Å². The SMILES string of the molecule is CC(=O)NCCNC(=O)OC(C)C. The molecule has 0 saturated heterocycles. The van der Waals surface area contributed by atoms with Gasteiger partial charge in [-0.15, -0.1) is 0 Å². The van der Waals surface area contributed by atoms with Crippen molar-refractivity contribution in [2.45, 2.75) is 26.9 Å². The molecule has 0 heterocycles.